The Balaban J connectivity index is 1.89. The Morgan fingerprint density at radius 1 is 1.40 bits per heavy atom. The zero-order chi connectivity index (χ0) is 14.1. The summed E-state index contributed by atoms with van der Waals surface area (Å²) in [5.74, 6) is 0.828. The molecule has 1 N–H and O–H groups in total. The molecule has 0 aliphatic heterocycles. The van der Waals surface area contributed by atoms with Gasteiger partial charge in [0.05, 0.1) is 19.3 Å². The second kappa shape index (κ2) is 5.09. The summed E-state index contributed by atoms with van der Waals surface area (Å²) in [4.78, 5) is 0. The van der Waals surface area contributed by atoms with E-state index >= 15 is 0 Å². The molecule has 1 aliphatic carbocycles. The Kier molecular flexibility index (Phi) is 3.28. The van der Waals surface area contributed by atoms with Crippen LogP contribution in [0.15, 0.2) is 30.8 Å². The number of hydrogen-bond acceptors (Lipinski definition) is 4. The fourth-order valence-corrected chi connectivity index (χ4v) is 2.50. The maximum absolute atomic E-state index is 9.95. The average molecular weight is 271 g/mol. The molecule has 5 heteroatoms. The number of fused-ring (bicyclic) bond motifs is 1. The highest BCUT2D eigenvalue weighted by Gasteiger charge is 2.26. The third-order valence-corrected chi connectivity index (χ3v) is 3.62. The maximum Gasteiger partial charge on any atom is 0.119 e. The Labute approximate surface area is 117 Å². The van der Waals surface area contributed by atoms with Crippen molar-refractivity contribution in [2.75, 3.05) is 7.11 Å². The minimum absolute atomic E-state index is 0.528. The van der Waals surface area contributed by atoms with E-state index in [2.05, 4.69) is 16.9 Å². The van der Waals surface area contributed by atoms with Crippen LogP contribution in [0.4, 0.5) is 0 Å². The van der Waals surface area contributed by atoms with Crippen LogP contribution in [0.3, 0.4) is 0 Å². The number of aliphatic hydroxyl groups is 1. The largest absolute Gasteiger partial charge is 0.497 e. The zero-order valence-corrected chi connectivity index (χ0v) is 11.4. The number of benzene rings is 1. The summed E-state index contributed by atoms with van der Waals surface area (Å²) in [6.45, 7) is 4.67. The summed E-state index contributed by atoms with van der Waals surface area (Å²) in [5.41, 5.74) is 3.62. The predicted molar refractivity (Wildman–Crippen MR) is 75.3 cm³/mol. The van der Waals surface area contributed by atoms with Crippen molar-refractivity contribution in [2.24, 2.45) is 0 Å². The summed E-state index contributed by atoms with van der Waals surface area (Å²) in [5, 5.41) is 18.2. The summed E-state index contributed by atoms with van der Waals surface area (Å²) < 4.78 is 6.95. The lowest BCUT2D eigenvalue weighted by molar-refractivity contribution is 0.160. The third kappa shape index (κ3) is 2.20. The highest BCUT2D eigenvalue weighted by atomic mass is 16.5. The number of allylic oxidation sites excluding steroid dienone is 1. The van der Waals surface area contributed by atoms with Crippen molar-refractivity contribution >= 4 is 5.57 Å². The minimum Gasteiger partial charge on any atom is -0.497 e. The summed E-state index contributed by atoms with van der Waals surface area (Å²) in [7, 11) is 1.65. The van der Waals surface area contributed by atoms with Crippen LogP contribution in [0.5, 0.6) is 5.75 Å². The van der Waals surface area contributed by atoms with Crippen molar-refractivity contribution in [2.45, 2.75) is 25.5 Å². The SMILES string of the molecule is C=C1CCC(O)c2nnn(Cc3ccc(OC)cc3)c21. The Hall–Kier alpha value is -2.14. The topological polar surface area (TPSA) is 60.2 Å². The van der Waals surface area contributed by atoms with Gasteiger partial charge in [-0.15, -0.1) is 5.10 Å². The van der Waals surface area contributed by atoms with Gasteiger partial charge in [-0.3, -0.25) is 0 Å². The lowest BCUT2D eigenvalue weighted by atomic mass is 9.94. The average Bonchev–Trinajstić information content (AvgIpc) is 2.89. The standard InChI is InChI=1S/C15H17N3O2/c1-10-3-8-13(19)14-15(10)18(17-16-14)9-11-4-6-12(20-2)7-5-11/h4-7,13,19H,1,3,8-9H2,2H3. The molecule has 104 valence electrons. The lowest BCUT2D eigenvalue weighted by Crippen LogP contribution is -2.12. The number of hydrogen-bond donors (Lipinski definition) is 1. The van der Waals surface area contributed by atoms with E-state index in [-0.39, 0.29) is 0 Å². The van der Waals surface area contributed by atoms with Crippen molar-refractivity contribution in [3.8, 4) is 5.75 Å². The van der Waals surface area contributed by atoms with E-state index in [1.54, 1.807) is 7.11 Å². The fraction of sp³-hybridized carbons (Fsp3) is 0.333. The van der Waals surface area contributed by atoms with Crippen molar-refractivity contribution in [1.29, 1.82) is 0 Å². The van der Waals surface area contributed by atoms with Crippen LogP contribution in [-0.4, -0.2) is 27.2 Å². The van der Waals surface area contributed by atoms with Gasteiger partial charge in [0.1, 0.15) is 17.5 Å². The van der Waals surface area contributed by atoms with Gasteiger partial charge >= 0.3 is 0 Å². The van der Waals surface area contributed by atoms with E-state index in [0.717, 1.165) is 29.0 Å². The van der Waals surface area contributed by atoms with Crippen LogP contribution in [-0.2, 0) is 6.54 Å². The molecule has 1 aromatic carbocycles. The molecular formula is C15H17N3O2. The molecule has 2 aromatic rings. The van der Waals surface area contributed by atoms with Crippen molar-refractivity contribution in [3.63, 3.8) is 0 Å². The van der Waals surface area contributed by atoms with E-state index in [1.807, 2.05) is 28.9 Å². The molecule has 0 saturated heterocycles. The quantitative estimate of drug-likeness (QED) is 0.929. The van der Waals surface area contributed by atoms with Gasteiger partial charge in [-0.2, -0.15) is 0 Å². The molecule has 0 spiro atoms. The van der Waals surface area contributed by atoms with Crippen LogP contribution in [0.1, 0.15) is 35.9 Å². The molecule has 1 heterocycles. The molecule has 1 unspecified atom stereocenters. The highest BCUT2D eigenvalue weighted by molar-refractivity contribution is 5.64. The molecular weight excluding hydrogens is 254 g/mol. The summed E-state index contributed by atoms with van der Waals surface area (Å²) in [6, 6.07) is 7.83. The van der Waals surface area contributed by atoms with Crippen LogP contribution < -0.4 is 4.74 Å². The van der Waals surface area contributed by atoms with Crippen LogP contribution in [0, 0.1) is 0 Å². The van der Waals surface area contributed by atoms with E-state index in [9.17, 15) is 5.11 Å². The van der Waals surface area contributed by atoms with Gasteiger partial charge in [-0.25, -0.2) is 4.68 Å². The van der Waals surface area contributed by atoms with E-state index in [4.69, 9.17) is 4.74 Å². The number of aromatic nitrogens is 3. The highest BCUT2D eigenvalue weighted by Crippen LogP contribution is 2.34. The first-order chi connectivity index (χ1) is 9.69. The third-order valence-electron chi connectivity index (χ3n) is 3.62. The summed E-state index contributed by atoms with van der Waals surface area (Å²) >= 11 is 0. The minimum atomic E-state index is -0.528. The van der Waals surface area contributed by atoms with Crippen molar-refractivity contribution in [1.82, 2.24) is 15.0 Å². The molecule has 0 saturated carbocycles. The normalized spacial score (nSPS) is 17.9. The molecule has 1 atom stereocenters. The zero-order valence-electron chi connectivity index (χ0n) is 11.4. The van der Waals surface area contributed by atoms with Crippen LogP contribution >= 0.6 is 0 Å². The molecule has 1 aromatic heterocycles. The van der Waals surface area contributed by atoms with Crippen molar-refractivity contribution in [3.05, 3.63) is 47.8 Å². The Morgan fingerprint density at radius 2 is 2.15 bits per heavy atom. The number of ether oxygens (including phenoxy) is 1. The van der Waals surface area contributed by atoms with Gasteiger partial charge in [-0.1, -0.05) is 23.9 Å². The molecule has 3 rings (SSSR count). The van der Waals surface area contributed by atoms with Gasteiger partial charge in [-0.05, 0) is 36.1 Å². The monoisotopic (exact) mass is 271 g/mol. The van der Waals surface area contributed by atoms with Crippen LogP contribution in [0.25, 0.3) is 5.57 Å². The van der Waals surface area contributed by atoms with Gasteiger partial charge in [0.15, 0.2) is 0 Å². The van der Waals surface area contributed by atoms with E-state index in [1.165, 1.54) is 0 Å². The Bertz CT molecular complexity index is 631. The molecule has 0 fully saturated rings. The van der Waals surface area contributed by atoms with E-state index < -0.39 is 6.10 Å². The molecule has 0 amide bonds. The van der Waals surface area contributed by atoms with Gasteiger partial charge in [0.25, 0.3) is 0 Å². The van der Waals surface area contributed by atoms with Crippen LogP contribution in [0.2, 0.25) is 0 Å². The summed E-state index contributed by atoms with van der Waals surface area (Å²) in [6.07, 6.45) is 0.928. The number of aliphatic hydroxyl groups excluding tert-OH is 1. The molecule has 5 nitrogen and oxygen atoms in total. The van der Waals surface area contributed by atoms with Gasteiger partial charge in [0.2, 0.25) is 0 Å². The van der Waals surface area contributed by atoms with Gasteiger partial charge in [0, 0.05) is 0 Å². The lowest BCUT2D eigenvalue weighted by Gasteiger charge is -2.19. The first-order valence-electron chi connectivity index (χ1n) is 6.61. The molecule has 0 radical (unpaired) electrons. The maximum atomic E-state index is 9.95. The van der Waals surface area contributed by atoms with Crippen molar-refractivity contribution < 1.29 is 9.84 Å². The number of methoxy groups -OCH3 is 1. The van der Waals surface area contributed by atoms with E-state index in [0.29, 0.717) is 18.7 Å². The Morgan fingerprint density at radius 3 is 2.85 bits per heavy atom. The smallest absolute Gasteiger partial charge is 0.119 e. The first-order valence-corrected chi connectivity index (χ1v) is 6.61. The second-order valence-corrected chi connectivity index (χ2v) is 4.99. The first kappa shape index (κ1) is 12.9. The molecule has 1 aliphatic rings. The predicted octanol–water partition coefficient (Wildman–Crippen LogP) is 2.18. The number of rotatable bonds is 3. The molecule has 0 bridgehead atoms. The van der Waals surface area contributed by atoms with Gasteiger partial charge < -0.3 is 9.84 Å². The second-order valence-electron chi connectivity index (χ2n) is 4.99. The molecule has 20 heavy (non-hydrogen) atoms. The fourth-order valence-electron chi connectivity index (χ4n) is 2.50. The number of nitrogens with zero attached hydrogens (tertiary/aromatic N) is 3.